The number of rotatable bonds is 23. The van der Waals surface area contributed by atoms with E-state index in [1.807, 2.05) is 6.92 Å². The van der Waals surface area contributed by atoms with Crippen LogP contribution in [0.3, 0.4) is 0 Å². The largest absolute Gasteiger partial charge is 0.478 e. The van der Waals surface area contributed by atoms with Gasteiger partial charge in [0, 0.05) is 53.8 Å². The van der Waals surface area contributed by atoms with Crippen molar-refractivity contribution in [2.24, 2.45) is 23.7 Å². The fourth-order valence-electron chi connectivity index (χ4n) is 16.5. The topological polar surface area (TPSA) is 284 Å². The van der Waals surface area contributed by atoms with E-state index in [1.165, 1.54) is 128 Å². The van der Waals surface area contributed by atoms with E-state index in [0.29, 0.717) is 57.8 Å². The molecule has 0 aliphatic heterocycles. The van der Waals surface area contributed by atoms with Gasteiger partial charge in [0.2, 0.25) is 0 Å². The summed E-state index contributed by atoms with van der Waals surface area (Å²) in [5.74, 6) is -12.4. The summed E-state index contributed by atoms with van der Waals surface area (Å²) in [7, 11) is 1.18. The number of halogens is 8. The quantitative estimate of drug-likeness (QED) is 0.0197. The van der Waals surface area contributed by atoms with Crippen LogP contribution in [0.2, 0.25) is 20.1 Å². The molecular weight excluding hydrogens is 1570 g/mol. The molecule has 4 aliphatic carbocycles. The predicted molar refractivity (Wildman–Crippen MR) is 431 cm³/mol. The van der Waals surface area contributed by atoms with Crippen molar-refractivity contribution in [3.63, 3.8) is 0 Å². The van der Waals surface area contributed by atoms with Gasteiger partial charge in [0.15, 0.2) is 28.9 Å². The predicted octanol–water partition coefficient (Wildman–Crippen LogP) is 22.0. The van der Waals surface area contributed by atoms with E-state index < -0.39 is 120 Å². The fraction of sp³-hybridized carbons (Fsp3) is 0.374. The van der Waals surface area contributed by atoms with Gasteiger partial charge >= 0.3 is 23.9 Å². The Morgan fingerprint density at radius 3 is 0.826 bits per heavy atom. The number of ketones is 5. The molecule has 24 heteroatoms. The second kappa shape index (κ2) is 40.1. The molecule has 608 valence electrons. The van der Waals surface area contributed by atoms with Gasteiger partial charge in [-0.1, -0.05) is 144 Å². The molecule has 0 aromatic heterocycles. The third kappa shape index (κ3) is 21.0. The van der Waals surface area contributed by atoms with Crippen LogP contribution in [0.25, 0.3) is 0 Å². The Kier molecular flexibility index (Phi) is 31.2. The lowest BCUT2D eigenvalue weighted by Crippen LogP contribution is -2.36. The second-order valence-electron chi connectivity index (χ2n) is 29.8. The van der Waals surface area contributed by atoms with Crippen LogP contribution < -0.4 is 0 Å². The third-order valence-corrected chi connectivity index (χ3v) is 24.0. The molecule has 0 saturated heterocycles. The smallest absolute Gasteiger partial charge is 0.338 e. The summed E-state index contributed by atoms with van der Waals surface area (Å²) in [5.41, 5.74) is -6.08. The first kappa shape index (κ1) is 89.7. The van der Waals surface area contributed by atoms with Crippen LogP contribution in [-0.2, 0) is 21.5 Å². The number of aromatic carboxylic acids is 3. The number of hydrogen-bond acceptors (Lipinski definition) is 13. The van der Waals surface area contributed by atoms with E-state index in [9.17, 15) is 78.2 Å². The van der Waals surface area contributed by atoms with Crippen molar-refractivity contribution < 1.29 is 96.1 Å². The number of hydrogen-bond donors (Lipinski definition) is 6. The SMILES string of the molecule is CCC(O)(c1cc(F)c(C(=O)c2ccc(Cl)cc2)c(C(=O)O)c1)C1CCCCC1.CC[C@@](O)(c1cc(F)c(C(=O)c2ccc(Cl)cc2)c(C(=O)O)c1)C1CCCCC1.CC[C@@](O)(c1cc(F)c(C(=O)c2ccc(Cl)cc2)c(C(=O)OC)c1)C1CCCCC1.O=C(O)c1cc(C(=O)C2CCCCC2)cc(F)c1C(=O)c1ccc(Cl)cc1. The molecule has 0 amide bonds. The highest BCUT2D eigenvalue weighted by atomic mass is 35.5. The lowest BCUT2D eigenvalue weighted by Gasteiger charge is -2.38. The minimum atomic E-state index is -1.45. The summed E-state index contributed by atoms with van der Waals surface area (Å²) in [5, 5.41) is 64.7. The van der Waals surface area contributed by atoms with Crippen LogP contribution >= 0.6 is 46.4 Å². The number of carbonyl (C=O) groups excluding carboxylic acids is 6. The summed E-state index contributed by atoms with van der Waals surface area (Å²) in [6.07, 6.45) is 19.5. The highest BCUT2D eigenvalue weighted by Gasteiger charge is 2.43. The highest BCUT2D eigenvalue weighted by Crippen LogP contribution is 2.47. The monoisotopic (exact) mass is 1660 g/mol. The molecule has 6 N–H and O–H groups in total. The first-order valence-corrected chi connectivity index (χ1v) is 40.3. The average Bonchev–Trinajstić information content (AvgIpc) is 0.773. The van der Waals surface area contributed by atoms with Crippen LogP contribution in [0.15, 0.2) is 146 Å². The van der Waals surface area contributed by atoms with Gasteiger partial charge in [-0.3, -0.25) is 24.0 Å². The van der Waals surface area contributed by atoms with Crippen molar-refractivity contribution in [2.45, 2.75) is 185 Å². The van der Waals surface area contributed by atoms with E-state index in [2.05, 4.69) is 0 Å². The zero-order valence-electron chi connectivity index (χ0n) is 64.2. The summed E-state index contributed by atoms with van der Waals surface area (Å²) >= 11 is 23.3. The van der Waals surface area contributed by atoms with E-state index in [4.69, 9.17) is 51.1 Å². The summed E-state index contributed by atoms with van der Waals surface area (Å²) in [6, 6.07) is 32.8. The number of esters is 1. The molecule has 1 unspecified atom stereocenters. The van der Waals surface area contributed by atoms with Gasteiger partial charge in [-0.05, 0) is 251 Å². The molecule has 0 radical (unpaired) electrons. The third-order valence-electron chi connectivity index (χ3n) is 23.0. The maximum atomic E-state index is 15.3. The molecule has 8 aromatic carbocycles. The number of methoxy groups -OCH3 is 1. The molecule has 4 fully saturated rings. The summed E-state index contributed by atoms with van der Waals surface area (Å²) in [6.45, 7) is 5.45. The van der Waals surface area contributed by atoms with Crippen LogP contribution in [0.4, 0.5) is 17.6 Å². The number of Topliss-reactive ketones (excluding diaryl/α,β-unsaturated/α-hetero) is 1. The average molecular weight is 1660 g/mol. The van der Waals surface area contributed by atoms with E-state index >= 15 is 13.2 Å². The molecular formula is C91H92Cl4F4O16. The Morgan fingerprint density at radius 1 is 0.339 bits per heavy atom. The normalized spacial score (nSPS) is 16.4. The Balaban J connectivity index is 0.000000176. The van der Waals surface area contributed by atoms with Crippen LogP contribution in [0.5, 0.6) is 0 Å². The summed E-state index contributed by atoms with van der Waals surface area (Å²) < 4.78 is 65.1. The lowest BCUT2D eigenvalue weighted by atomic mass is 9.71. The van der Waals surface area contributed by atoms with Gasteiger partial charge in [0.05, 0.1) is 68.4 Å². The standard InChI is InChI=1S/C24H26ClFO4.2C23H24ClFO4.C21H18ClFO4/c1-3-24(29,16-7-5-4-6-8-16)17-13-19(23(28)30-2)21(20(26)14-17)22(27)15-9-11-18(25)12-10-15;2*1-2-23(29,15-6-4-3-5-7-15)16-12-18(22(27)28)20(19(25)13-16)21(26)14-8-10-17(24)11-9-14;22-15-8-6-13(7-9-15)20(25)18-16(21(26)27)10-14(11-17(18)23)19(24)12-4-2-1-3-5-12/h9-14,16,29H,3-8H2,1-2H3;2*8-13,15,29H,2-7H2,1H3,(H,27,28);6-12H,1-5H2,(H,26,27)/t24-;23-;;/m00../s1. The van der Waals surface area contributed by atoms with Crippen molar-refractivity contribution >= 4 is 99.2 Å². The van der Waals surface area contributed by atoms with Crippen LogP contribution in [-0.4, -0.2) is 90.5 Å². The zero-order chi connectivity index (χ0) is 83.8. The first-order chi connectivity index (χ1) is 54.7. The van der Waals surface area contributed by atoms with Gasteiger partial charge in [-0.25, -0.2) is 36.7 Å². The molecule has 115 heavy (non-hydrogen) atoms. The highest BCUT2D eigenvalue weighted by molar-refractivity contribution is 6.32. The minimum absolute atomic E-state index is 0.00413. The van der Waals surface area contributed by atoms with Crippen molar-refractivity contribution in [3.05, 3.63) is 278 Å². The minimum Gasteiger partial charge on any atom is -0.478 e. The van der Waals surface area contributed by atoms with Crippen LogP contribution in [0.1, 0.15) is 301 Å². The number of aliphatic hydroxyl groups is 3. The number of ether oxygens (including phenoxy) is 1. The molecule has 16 nitrogen and oxygen atoms in total. The van der Waals surface area contributed by atoms with E-state index in [0.717, 1.165) is 140 Å². The Morgan fingerprint density at radius 2 is 0.574 bits per heavy atom. The van der Waals surface area contributed by atoms with Gasteiger partial charge < -0.3 is 35.4 Å². The van der Waals surface area contributed by atoms with Gasteiger partial charge in [-0.15, -0.1) is 0 Å². The number of carboxylic acids is 3. The molecule has 8 aromatic rings. The Hall–Kier alpha value is -9.25. The number of carboxylic acid groups (broad SMARTS) is 3. The maximum absolute atomic E-state index is 15.3. The molecule has 3 atom stereocenters. The molecule has 4 saturated carbocycles. The van der Waals surface area contributed by atoms with Gasteiger partial charge in [0.25, 0.3) is 0 Å². The fourth-order valence-corrected chi connectivity index (χ4v) is 17.0. The number of benzene rings is 8. The molecule has 0 heterocycles. The molecule has 12 rings (SSSR count). The van der Waals surface area contributed by atoms with Crippen molar-refractivity contribution in [1.82, 2.24) is 0 Å². The van der Waals surface area contributed by atoms with Crippen LogP contribution in [0, 0.1) is 46.9 Å². The number of carbonyl (C=O) groups is 9. The molecule has 4 aliphatic rings. The van der Waals surface area contributed by atoms with E-state index in [-0.39, 0.29) is 79.5 Å². The second-order valence-corrected chi connectivity index (χ2v) is 31.6. The summed E-state index contributed by atoms with van der Waals surface area (Å²) in [4.78, 5) is 112. The first-order valence-electron chi connectivity index (χ1n) is 38.8. The Labute approximate surface area is 685 Å². The Bertz CT molecular complexity index is 4740. The maximum Gasteiger partial charge on any atom is 0.338 e. The van der Waals surface area contributed by atoms with Crippen molar-refractivity contribution in [1.29, 1.82) is 0 Å². The zero-order valence-corrected chi connectivity index (χ0v) is 67.2. The van der Waals surface area contributed by atoms with Gasteiger partial charge in [0.1, 0.15) is 23.3 Å². The van der Waals surface area contributed by atoms with Crippen molar-refractivity contribution in [2.75, 3.05) is 7.11 Å². The van der Waals surface area contributed by atoms with E-state index in [1.54, 1.807) is 13.8 Å². The molecule has 0 spiro atoms. The lowest BCUT2D eigenvalue weighted by molar-refractivity contribution is -0.0426. The van der Waals surface area contributed by atoms with Crippen molar-refractivity contribution in [3.8, 4) is 0 Å². The van der Waals surface area contributed by atoms with Gasteiger partial charge in [-0.2, -0.15) is 0 Å². The molecule has 0 bridgehead atoms.